The first kappa shape index (κ1) is 14.3. The molecule has 19 heavy (non-hydrogen) atoms. The first-order valence-electron chi connectivity index (χ1n) is 6.42. The van der Waals surface area contributed by atoms with Crippen LogP contribution in [0.1, 0.15) is 39.5 Å². The van der Waals surface area contributed by atoms with Crippen molar-refractivity contribution in [2.75, 3.05) is 0 Å². The van der Waals surface area contributed by atoms with E-state index in [1.807, 2.05) is 32.0 Å². The van der Waals surface area contributed by atoms with Crippen molar-refractivity contribution in [1.29, 1.82) is 0 Å². The second-order valence-electron chi connectivity index (χ2n) is 5.22. The van der Waals surface area contributed by atoms with Gasteiger partial charge in [0, 0.05) is 4.47 Å². The summed E-state index contributed by atoms with van der Waals surface area (Å²) in [7, 11) is 0. The lowest BCUT2D eigenvalue weighted by Crippen LogP contribution is -2.04. The zero-order valence-corrected chi connectivity index (χ0v) is 13.4. The van der Waals surface area contributed by atoms with Gasteiger partial charge in [-0.2, -0.15) is 0 Å². The Morgan fingerprint density at radius 3 is 2.11 bits per heavy atom. The number of aryl methyl sites for hydroxylation is 4. The van der Waals surface area contributed by atoms with Crippen LogP contribution in [0.2, 0.25) is 0 Å². The van der Waals surface area contributed by atoms with E-state index in [2.05, 4.69) is 41.9 Å². The monoisotopic (exact) mass is 318 g/mol. The molecule has 0 radical (unpaired) electrons. The molecule has 1 N–H and O–H groups in total. The molecular formula is C17H19BrO. The van der Waals surface area contributed by atoms with E-state index in [1.165, 1.54) is 16.7 Å². The summed E-state index contributed by atoms with van der Waals surface area (Å²) in [5.41, 5.74) is 6.67. The molecule has 1 unspecified atom stereocenters. The fourth-order valence-electron chi connectivity index (χ4n) is 2.30. The van der Waals surface area contributed by atoms with Crippen molar-refractivity contribution in [2.45, 2.75) is 33.8 Å². The number of hydrogen-bond donors (Lipinski definition) is 1. The van der Waals surface area contributed by atoms with Gasteiger partial charge in [0.25, 0.3) is 0 Å². The third kappa shape index (κ3) is 2.90. The maximum absolute atomic E-state index is 10.6. The van der Waals surface area contributed by atoms with E-state index in [0.717, 1.165) is 21.2 Å². The van der Waals surface area contributed by atoms with Gasteiger partial charge in [-0.15, -0.1) is 0 Å². The maximum atomic E-state index is 10.6. The predicted molar refractivity (Wildman–Crippen MR) is 83.6 cm³/mol. The molecule has 0 aliphatic rings. The van der Waals surface area contributed by atoms with Crippen LogP contribution in [-0.2, 0) is 0 Å². The Balaban J connectivity index is 2.49. The molecule has 0 saturated heterocycles. The average molecular weight is 319 g/mol. The highest BCUT2D eigenvalue weighted by Crippen LogP contribution is 2.32. The lowest BCUT2D eigenvalue weighted by Gasteiger charge is -2.18. The van der Waals surface area contributed by atoms with Crippen LogP contribution in [0.3, 0.4) is 0 Å². The Bertz CT molecular complexity index is 617. The Kier molecular flexibility index (Phi) is 4.12. The molecule has 2 heteroatoms. The molecule has 0 saturated carbocycles. The molecule has 0 aliphatic carbocycles. The van der Waals surface area contributed by atoms with E-state index >= 15 is 0 Å². The fraction of sp³-hybridized carbons (Fsp3) is 0.294. The summed E-state index contributed by atoms with van der Waals surface area (Å²) >= 11 is 3.54. The number of halogens is 1. The second-order valence-corrected chi connectivity index (χ2v) is 6.07. The standard InChI is InChI=1S/C17H19BrO/c1-10-5-6-14(16(18)7-10)17(19)15-9-12(3)11(2)8-13(15)4/h5-9,17,19H,1-4H3. The van der Waals surface area contributed by atoms with Gasteiger partial charge >= 0.3 is 0 Å². The van der Waals surface area contributed by atoms with Gasteiger partial charge in [-0.1, -0.05) is 40.2 Å². The van der Waals surface area contributed by atoms with Crippen LogP contribution in [0.15, 0.2) is 34.8 Å². The minimum absolute atomic E-state index is 0.589. The van der Waals surface area contributed by atoms with E-state index in [9.17, 15) is 5.11 Å². The van der Waals surface area contributed by atoms with Crippen LogP contribution in [-0.4, -0.2) is 5.11 Å². The summed E-state index contributed by atoms with van der Waals surface area (Å²) in [6.45, 7) is 8.27. The smallest absolute Gasteiger partial charge is 0.105 e. The minimum Gasteiger partial charge on any atom is -0.384 e. The Morgan fingerprint density at radius 2 is 1.47 bits per heavy atom. The van der Waals surface area contributed by atoms with Crippen molar-refractivity contribution < 1.29 is 5.11 Å². The zero-order chi connectivity index (χ0) is 14.2. The average Bonchev–Trinajstić information content (AvgIpc) is 2.33. The van der Waals surface area contributed by atoms with E-state index in [0.29, 0.717) is 0 Å². The van der Waals surface area contributed by atoms with Crippen molar-refractivity contribution >= 4 is 15.9 Å². The quantitative estimate of drug-likeness (QED) is 0.846. The van der Waals surface area contributed by atoms with Gasteiger partial charge in [-0.3, -0.25) is 0 Å². The number of rotatable bonds is 2. The lowest BCUT2D eigenvalue weighted by atomic mass is 9.93. The molecule has 0 aromatic heterocycles. The summed E-state index contributed by atoms with van der Waals surface area (Å²) in [5.74, 6) is 0. The lowest BCUT2D eigenvalue weighted by molar-refractivity contribution is 0.218. The van der Waals surface area contributed by atoms with Crippen LogP contribution in [0, 0.1) is 27.7 Å². The van der Waals surface area contributed by atoms with Crippen LogP contribution in [0.25, 0.3) is 0 Å². The molecule has 0 aliphatic heterocycles. The van der Waals surface area contributed by atoms with Crippen molar-refractivity contribution in [1.82, 2.24) is 0 Å². The van der Waals surface area contributed by atoms with Crippen molar-refractivity contribution in [3.63, 3.8) is 0 Å². The SMILES string of the molecule is Cc1ccc(C(O)c2cc(C)c(C)cc2C)c(Br)c1. The molecule has 2 aromatic rings. The van der Waals surface area contributed by atoms with Gasteiger partial charge in [0.1, 0.15) is 6.10 Å². The predicted octanol–water partition coefficient (Wildman–Crippen LogP) is 4.76. The van der Waals surface area contributed by atoms with Crippen LogP contribution in [0.5, 0.6) is 0 Å². The van der Waals surface area contributed by atoms with Gasteiger partial charge in [-0.05, 0) is 67.1 Å². The summed E-state index contributed by atoms with van der Waals surface area (Å²) in [6, 6.07) is 10.3. The molecule has 1 nitrogen and oxygen atoms in total. The van der Waals surface area contributed by atoms with E-state index < -0.39 is 6.10 Å². The number of hydrogen-bond acceptors (Lipinski definition) is 1. The molecule has 0 spiro atoms. The Labute approximate surface area is 123 Å². The van der Waals surface area contributed by atoms with Crippen molar-refractivity contribution in [3.05, 3.63) is 68.2 Å². The molecule has 1 atom stereocenters. The number of aliphatic hydroxyl groups excluding tert-OH is 1. The summed E-state index contributed by atoms with van der Waals surface area (Å²) < 4.78 is 0.956. The molecule has 0 fully saturated rings. The molecule has 2 aromatic carbocycles. The minimum atomic E-state index is -0.589. The first-order valence-corrected chi connectivity index (χ1v) is 7.21. The van der Waals surface area contributed by atoms with Crippen molar-refractivity contribution in [3.8, 4) is 0 Å². The Hall–Kier alpha value is -1.12. The highest BCUT2D eigenvalue weighted by molar-refractivity contribution is 9.10. The first-order chi connectivity index (χ1) is 8.90. The third-order valence-electron chi connectivity index (χ3n) is 3.63. The highest BCUT2D eigenvalue weighted by Gasteiger charge is 2.16. The molecule has 100 valence electrons. The van der Waals surface area contributed by atoms with Gasteiger partial charge in [0.2, 0.25) is 0 Å². The molecular weight excluding hydrogens is 300 g/mol. The summed E-state index contributed by atoms with van der Waals surface area (Å²) in [4.78, 5) is 0. The molecule has 2 rings (SSSR count). The molecule has 0 heterocycles. The molecule has 0 bridgehead atoms. The van der Waals surface area contributed by atoms with Crippen LogP contribution < -0.4 is 0 Å². The second kappa shape index (κ2) is 5.48. The van der Waals surface area contributed by atoms with Crippen LogP contribution in [0.4, 0.5) is 0 Å². The number of aliphatic hydroxyl groups is 1. The van der Waals surface area contributed by atoms with E-state index in [4.69, 9.17) is 0 Å². The van der Waals surface area contributed by atoms with Gasteiger partial charge < -0.3 is 5.11 Å². The maximum Gasteiger partial charge on any atom is 0.105 e. The largest absolute Gasteiger partial charge is 0.384 e. The normalized spacial score (nSPS) is 12.5. The Morgan fingerprint density at radius 1 is 0.842 bits per heavy atom. The van der Waals surface area contributed by atoms with Gasteiger partial charge in [0.05, 0.1) is 0 Å². The summed E-state index contributed by atoms with van der Waals surface area (Å²) in [6.07, 6.45) is -0.589. The highest BCUT2D eigenvalue weighted by atomic mass is 79.9. The topological polar surface area (TPSA) is 20.2 Å². The fourth-order valence-corrected chi connectivity index (χ4v) is 3.01. The van der Waals surface area contributed by atoms with E-state index in [1.54, 1.807) is 0 Å². The van der Waals surface area contributed by atoms with Crippen LogP contribution >= 0.6 is 15.9 Å². The number of benzene rings is 2. The summed E-state index contributed by atoms with van der Waals surface area (Å²) in [5, 5.41) is 10.6. The third-order valence-corrected chi connectivity index (χ3v) is 4.31. The van der Waals surface area contributed by atoms with Crippen molar-refractivity contribution in [2.24, 2.45) is 0 Å². The zero-order valence-electron chi connectivity index (χ0n) is 11.8. The van der Waals surface area contributed by atoms with Gasteiger partial charge in [-0.25, -0.2) is 0 Å². The molecule has 0 amide bonds. The van der Waals surface area contributed by atoms with E-state index in [-0.39, 0.29) is 0 Å². The van der Waals surface area contributed by atoms with Gasteiger partial charge in [0.15, 0.2) is 0 Å².